The summed E-state index contributed by atoms with van der Waals surface area (Å²) in [5.74, 6) is -3.92. The number of carbonyl (C=O) groups excluding carboxylic acids is 6. The van der Waals surface area contributed by atoms with Gasteiger partial charge in [0, 0.05) is 122 Å². The zero-order valence-corrected chi connectivity index (χ0v) is 61.5. The topological polar surface area (TPSA) is 491 Å². The Hall–Kier alpha value is -3.55. The summed E-state index contributed by atoms with van der Waals surface area (Å²) in [6.45, 7) is 9.84. The van der Waals surface area contributed by atoms with Crippen molar-refractivity contribution in [3.05, 3.63) is 0 Å². The zero-order chi connectivity index (χ0) is 75.0. The number of hydrogen-bond donors (Lipinski definition) is 16. The molecule has 3 saturated heterocycles. The molecule has 32 nitrogen and oxygen atoms in total. The number of ketones is 1. The number of unbranched alkanes of at least 4 members (excludes halogenated alkanes) is 10. The molecule has 0 spiro atoms. The first-order chi connectivity index (χ1) is 48.4. The lowest BCUT2D eigenvalue weighted by Crippen LogP contribution is -2.55. The van der Waals surface area contributed by atoms with E-state index < -0.39 is 137 Å². The Morgan fingerprint density at radius 3 is 1.29 bits per heavy atom. The molecule has 0 aromatic heterocycles. The highest BCUT2D eigenvalue weighted by Gasteiger charge is 2.45. The molecule has 0 aromatic carbocycles. The third kappa shape index (κ3) is 39.6. The predicted octanol–water partition coefficient (Wildman–Crippen LogP) is 1.28. The lowest BCUT2D eigenvalue weighted by atomic mass is 9.91. The van der Waals surface area contributed by atoms with Crippen molar-refractivity contribution in [2.45, 2.75) is 274 Å². The van der Waals surface area contributed by atoms with E-state index in [0.29, 0.717) is 142 Å². The van der Waals surface area contributed by atoms with Gasteiger partial charge >= 0.3 is 7.82 Å². The number of carbonyl (C=O) groups is 6. The second kappa shape index (κ2) is 55.8. The minimum Gasteiger partial charge on any atom is -0.394 e. The van der Waals surface area contributed by atoms with Crippen molar-refractivity contribution in [2.75, 3.05) is 99.3 Å². The van der Waals surface area contributed by atoms with Crippen LogP contribution >= 0.6 is 7.82 Å². The standard InChI is InChI=1S/C61H111N5O22.C7H18NO4P/c1-5-30-82-31-19-29-64-48(71)22-7-6-13-28-65-58(81)42(20-8-14-26-62-49(72)23-10-16-32-83-59-39(2)52(75)55(78)45(36-67)86-59)35-44(70)43(66-51(74)25-12-18-34-85-61-41(4)54(77)57(80)47(38-69)88-61)21-9-15-27-63-50(73)24-11-17-33-84-60-40(3)53(76)56(79)46(37-68)87-60;1-11-13(9,10)12-7-5-3-2-4-6-8/h39-43,45-47,52-57,59-61,67-69,75-80H,5-38H2,1-4H3,(H,62,72)(H,63,73)(H,64,71)(H,65,81)(H,66,74);2-8H2,1H3,(H,9,10)/t39?,40?,41?,42?,43?,45?,46?,47?,52-,53-,54-,55+,56+,57+,59-,60-,61-;/m1./s1. The third-order valence-electron chi connectivity index (χ3n) is 18.0. The van der Waals surface area contributed by atoms with Gasteiger partial charge in [-0.15, -0.1) is 0 Å². The number of hydrogen-bond acceptors (Lipinski definition) is 26. The first-order valence-corrected chi connectivity index (χ1v) is 38.3. The number of phosphoric acid groups is 1. The summed E-state index contributed by atoms with van der Waals surface area (Å²) >= 11 is 0. The third-order valence-corrected chi connectivity index (χ3v) is 19.0. The van der Waals surface area contributed by atoms with Gasteiger partial charge in [0.1, 0.15) is 36.6 Å². The Kier molecular flexibility index (Phi) is 51.7. The quantitative estimate of drug-likeness (QED) is 0.0301. The Morgan fingerprint density at radius 1 is 0.465 bits per heavy atom. The van der Waals surface area contributed by atoms with E-state index in [2.05, 4.69) is 35.6 Å². The maximum absolute atomic E-state index is 14.4. The number of phosphoric ester groups is 1. The van der Waals surface area contributed by atoms with Crippen molar-refractivity contribution in [1.29, 1.82) is 0 Å². The van der Waals surface area contributed by atoms with Crippen LogP contribution in [-0.4, -0.2) is 265 Å². The van der Waals surface area contributed by atoms with Crippen LogP contribution < -0.4 is 32.3 Å². The van der Waals surface area contributed by atoms with E-state index in [0.717, 1.165) is 45.6 Å². The van der Waals surface area contributed by atoms with E-state index in [9.17, 15) is 79.3 Å². The van der Waals surface area contributed by atoms with Crippen molar-refractivity contribution in [2.24, 2.45) is 29.4 Å². The van der Waals surface area contributed by atoms with Gasteiger partial charge in [-0.1, -0.05) is 53.4 Å². The average molecular weight is 1480 g/mol. The molecular weight excluding hydrogens is 1350 g/mol. The lowest BCUT2D eigenvalue weighted by molar-refractivity contribution is -0.282. The summed E-state index contributed by atoms with van der Waals surface area (Å²) in [6, 6.07) is -0.960. The molecule has 3 heterocycles. The molecule has 18 atom stereocenters. The number of aliphatic hydroxyl groups excluding tert-OH is 9. The Bertz CT molecular complexity index is 2270. The van der Waals surface area contributed by atoms with Crippen LogP contribution in [0.5, 0.6) is 0 Å². The van der Waals surface area contributed by atoms with Crippen LogP contribution in [0.3, 0.4) is 0 Å². The van der Waals surface area contributed by atoms with E-state index in [1.54, 1.807) is 20.8 Å². The second-order valence-electron chi connectivity index (χ2n) is 26.5. The van der Waals surface area contributed by atoms with Gasteiger partial charge in [0.2, 0.25) is 29.5 Å². The van der Waals surface area contributed by atoms with E-state index in [-0.39, 0.29) is 87.9 Å². The SMILES string of the molecule is CCCOCCCNC(=O)CCCCCNC(=O)C(CCCCNC(=O)CCCCO[C@@H]1OC(CO)[C@H](O)[C@H](O)C1C)CC(=O)C(CCCCNC(=O)CCCCO[C@@H]1OC(CO)[C@H](O)[C@H](O)C1C)NC(=O)CCCCO[C@@H]1OC(CO)[C@H](O)[C@H](O)C1C.COP(=O)(O)OCCCCCCN. The molecule has 3 rings (SSSR count). The van der Waals surface area contributed by atoms with Crippen molar-refractivity contribution in [1.82, 2.24) is 26.6 Å². The number of ether oxygens (including phenoxy) is 7. The highest BCUT2D eigenvalue weighted by atomic mass is 31.2. The van der Waals surface area contributed by atoms with Gasteiger partial charge in [-0.2, -0.15) is 0 Å². The molecule has 33 heteroatoms. The van der Waals surface area contributed by atoms with Gasteiger partial charge in [0.15, 0.2) is 24.7 Å². The number of amides is 5. The molecule has 0 radical (unpaired) electrons. The molecule has 3 fully saturated rings. The molecule has 0 aromatic rings. The minimum atomic E-state index is -3.75. The summed E-state index contributed by atoms with van der Waals surface area (Å²) in [6.07, 6.45) is 0.444. The summed E-state index contributed by atoms with van der Waals surface area (Å²) in [5, 5.41) is 105. The predicted molar refractivity (Wildman–Crippen MR) is 369 cm³/mol. The fraction of sp³-hybridized carbons (Fsp3) is 0.912. The first kappa shape index (κ1) is 93.5. The van der Waals surface area contributed by atoms with Crippen LogP contribution in [0.25, 0.3) is 0 Å². The molecule has 592 valence electrons. The fourth-order valence-electron chi connectivity index (χ4n) is 11.4. The lowest BCUT2D eigenvalue weighted by Gasteiger charge is -2.40. The number of aliphatic hydroxyl groups is 9. The van der Waals surface area contributed by atoms with Crippen LogP contribution in [0, 0.1) is 23.7 Å². The van der Waals surface area contributed by atoms with Gasteiger partial charge in [0.25, 0.3) is 0 Å². The Balaban J connectivity index is 0.00000240. The Labute approximate surface area is 597 Å². The zero-order valence-electron chi connectivity index (χ0n) is 60.6. The van der Waals surface area contributed by atoms with Crippen LogP contribution in [0.15, 0.2) is 0 Å². The van der Waals surface area contributed by atoms with Crippen molar-refractivity contribution in [3.63, 3.8) is 0 Å². The first-order valence-electron chi connectivity index (χ1n) is 36.8. The largest absolute Gasteiger partial charge is 0.471 e. The minimum absolute atomic E-state index is 0.0350. The molecule has 17 N–H and O–H groups in total. The molecule has 0 bridgehead atoms. The highest BCUT2D eigenvalue weighted by molar-refractivity contribution is 7.47. The van der Waals surface area contributed by atoms with Crippen LogP contribution in [0.1, 0.15) is 195 Å². The molecule has 5 amide bonds. The van der Waals surface area contributed by atoms with Crippen molar-refractivity contribution in [3.8, 4) is 0 Å². The van der Waals surface area contributed by atoms with E-state index in [4.69, 9.17) is 43.8 Å². The number of nitrogens with two attached hydrogens (primary N) is 1. The van der Waals surface area contributed by atoms with Crippen molar-refractivity contribution < 1.29 is 126 Å². The monoisotopic (exact) mass is 1480 g/mol. The molecule has 0 saturated carbocycles. The van der Waals surface area contributed by atoms with Crippen LogP contribution in [0.2, 0.25) is 0 Å². The maximum atomic E-state index is 14.4. The van der Waals surface area contributed by atoms with E-state index >= 15 is 0 Å². The molecule has 9 unspecified atom stereocenters. The van der Waals surface area contributed by atoms with E-state index in [1.165, 1.54) is 0 Å². The highest BCUT2D eigenvalue weighted by Crippen LogP contribution is 2.42. The van der Waals surface area contributed by atoms with Crippen LogP contribution in [-0.2, 0) is 75.5 Å². The number of rotatable bonds is 56. The normalized spacial score (nSPS) is 26.3. The molecule has 101 heavy (non-hydrogen) atoms. The van der Waals surface area contributed by atoms with Gasteiger partial charge in [-0.3, -0.25) is 37.8 Å². The maximum Gasteiger partial charge on any atom is 0.471 e. The second-order valence-corrected chi connectivity index (χ2v) is 28.0. The summed E-state index contributed by atoms with van der Waals surface area (Å²) < 4.78 is 59.2. The summed E-state index contributed by atoms with van der Waals surface area (Å²) in [5.41, 5.74) is 5.30. The number of Topliss-reactive ketones (excluding diaryl/α,β-unsaturated/α-hetero) is 1. The number of nitrogens with one attached hydrogen (secondary N) is 5. The van der Waals surface area contributed by atoms with Gasteiger partial charge < -0.3 is 116 Å². The average Bonchev–Trinajstić information content (AvgIpc) is 0.835. The smallest absolute Gasteiger partial charge is 0.394 e. The fourth-order valence-corrected chi connectivity index (χ4v) is 11.9. The van der Waals surface area contributed by atoms with Gasteiger partial charge in [0.05, 0.1) is 50.8 Å². The van der Waals surface area contributed by atoms with Crippen molar-refractivity contribution >= 4 is 43.1 Å². The summed E-state index contributed by atoms with van der Waals surface area (Å²) in [7, 11) is -2.61. The van der Waals surface area contributed by atoms with Gasteiger partial charge in [-0.25, -0.2) is 4.57 Å². The Morgan fingerprint density at radius 2 is 0.851 bits per heavy atom. The molecule has 0 aliphatic carbocycles. The van der Waals surface area contributed by atoms with Crippen LogP contribution in [0.4, 0.5) is 0 Å². The molecule has 3 aliphatic heterocycles. The molecule has 3 aliphatic rings. The molecular formula is C68H129N6O26P. The van der Waals surface area contributed by atoms with Gasteiger partial charge in [-0.05, 0) is 116 Å². The summed E-state index contributed by atoms with van der Waals surface area (Å²) in [4.78, 5) is 88.5. The van der Waals surface area contributed by atoms with E-state index in [1.807, 2.05) is 6.92 Å².